The number of carbonyl (C=O) groups is 1. The molecule has 0 radical (unpaired) electrons. The number of hydrogen-bond acceptors (Lipinski definition) is 2. The van der Waals surface area contributed by atoms with Gasteiger partial charge < -0.3 is 4.43 Å². The minimum atomic E-state index is -1.81. The molecule has 0 unspecified atom stereocenters. The Morgan fingerprint density at radius 3 is 1.69 bits per heavy atom. The molecular weight excluding hydrogens is 240 g/mol. The Hall–Kier alpha value is 0.137. The van der Waals surface area contributed by atoms with Crippen LogP contribution in [-0.4, -0.2) is 20.2 Å². The van der Waals surface area contributed by atoms with E-state index in [2.05, 4.69) is 41.5 Å². The Kier molecular flexibility index (Phi) is 6.83. The summed E-state index contributed by atoms with van der Waals surface area (Å²) in [6.07, 6.45) is 0.322. The second-order valence-corrected chi connectivity index (χ2v) is 11.2. The van der Waals surface area contributed by atoms with Gasteiger partial charge in [-0.25, -0.2) is 0 Å². The molecule has 0 bridgehead atoms. The monoisotopic (exact) mass is 264 g/mol. The Balaban J connectivity index is 4.70. The fourth-order valence-corrected chi connectivity index (χ4v) is 8.34. The van der Waals surface area contributed by atoms with Crippen molar-refractivity contribution in [3.63, 3.8) is 0 Å². The van der Waals surface area contributed by atoms with Crippen LogP contribution in [0, 0.1) is 0 Å². The minimum Gasteiger partial charge on any atom is -0.416 e. The van der Waals surface area contributed by atoms with E-state index in [1.807, 2.05) is 0 Å². The molecule has 0 aromatic rings. The van der Waals surface area contributed by atoms with E-state index >= 15 is 0 Å². The summed E-state index contributed by atoms with van der Waals surface area (Å²) >= 11 is 5.34. The third kappa shape index (κ3) is 3.86. The van der Waals surface area contributed by atoms with Crippen LogP contribution in [0.4, 0.5) is 0 Å². The highest BCUT2D eigenvalue weighted by Gasteiger charge is 2.44. The van der Waals surface area contributed by atoms with Crippen molar-refractivity contribution >= 4 is 25.2 Å². The molecule has 0 aromatic carbocycles. The maximum atomic E-state index is 10.7. The van der Waals surface area contributed by atoms with E-state index in [1.165, 1.54) is 0 Å². The lowest BCUT2D eigenvalue weighted by molar-refractivity contribution is -0.112. The van der Waals surface area contributed by atoms with E-state index in [-0.39, 0.29) is 5.24 Å². The zero-order valence-corrected chi connectivity index (χ0v) is 13.1. The Labute approximate surface area is 106 Å². The first-order valence-electron chi connectivity index (χ1n) is 6.07. The molecule has 0 N–H and O–H groups in total. The maximum Gasteiger partial charge on any atom is 0.223 e. The quantitative estimate of drug-likeness (QED) is 0.505. The van der Waals surface area contributed by atoms with Gasteiger partial charge in [0.2, 0.25) is 5.24 Å². The number of rotatable bonds is 7. The fourth-order valence-electron chi connectivity index (χ4n) is 2.81. The molecule has 2 nitrogen and oxygen atoms in total. The highest BCUT2D eigenvalue weighted by atomic mass is 35.5. The first-order valence-corrected chi connectivity index (χ1v) is 8.59. The summed E-state index contributed by atoms with van der Waals surface area (Å²) in [6.45, 7) is 13.9. The molecule has 96 valence electrons. The van der Waals surface area contributed by atoms with Crippen molar-refractivity contribution in [3.8, 4) is 0 Å². The van der Waals surface area contributed by atoms with Crippen LogP contribution in [0.2, 0.25) is 16.6 Å². The highest BCUT2D eigenvalue weighted by molar-refractivity contribution is 6.77. The predicted molar refractivity (Wildman–Crippen MR) is 72.5 cm³/mol. The zero-order valence-electron chi connectivity index (χ0n) is 11.3. The molecule has 0 rings (SSSR count). The van der Waals surface area contributed by atoms with Crippen molar-refractivity contribution in [2.75, 3.05) is 6.61 Å². The highest BCUT2D eigenvalue weighted by Crippen LogP contribution is 2.42. The van der Waals surface area contributed by atoms with Gasteiger partial charge in [0, 0.05) is 13.0 Å². The number of hydrogen-bond donors (Lipinski definition) is 0. The Morgan fingerprint density at radius 1 is 1.06 bits per heavy atom. The van der Waals surface area contributed by atoms with Crippen LogP contribution in [0.5, 0.6) is 0 Å². The van der Waals surface area contributed by atoms with Gasteiger partial charge in [0.05, 0.1) is 0 Å². The van der Waals surface area contributed by atoms with E-state index in [9.17, 15) is 4.79 Å². The second-order valence-electron chi connectivity index (χ2n) is 5.27. The molecule has 0 aliphatic carbocycles. The predicted octanol–water partition coefficient (Wildman–Crippen LogP) is 4.33. The fraction of sp³-hybridized carbons (Fsp3) is 0.917. The number of carbonyl (C=O) groups excluding carboxylic acids is 1. The van der Waals surface area contributed by atoms with Crippen molar-refractivity contribution in [2.24, 2.45) is 0 Å². The Bertz CT molecular complexity index is 205. The van der Waals surface area contributed by atoms with Gasteiger partial charge in [-0.1, -0.05) is 41.5 Å². The van der Waals surface area contributed by atoms with E-state index in [0.29, 0.717) is 29.7 Å². The lowest BCUT2D eigenvalue weighted by atomic mass is 10.5. The third-order valence-electron chi connectivity index (χ3n) is 3.36. The van der Waals surface area contributed by atoms with Gasteiger partial charge in [0.1, 0.15) is 0 Å². The largest absolute Gasteiger partial charge is 0.416 e. The summed E-state index contributed by atoms with van der Waals surface area (Å²) in [5.41, 5.74) is 1.66. The average molecular weight is 265 g/mol. The maximum absolute atomic E-state index is 10.7. The summed E-state index contributed by atoms with van der Waals surface area (Å²) in [4.78, 5) is 10.7. The van der Waals surface area contributed by atoms with Crippen LogP contribution in [0.15, 0.2) is 0 Å². The van der Waals surface area contributed by atoms with E-state index in [0.717, 1.165) is 0 Å². The lowest BCUT2D eigenvalue weighted by Crippen LogP contribution is -2.48. The molecule has 16 heavy (non-hydrogen) atoms. The van der Waals surface area contributed by atoms with Crippen LogP contribution in [0.3, 0.4) is 0 Å². The molecular formula is C12H25ClO2Si. The molecule has 0 spiro atoms. The normalized spacial score (nSPS) is 12.9. The van der Waals surface area contributed by atoms with Gasteiger partial charge >= 0.3 is 0 Å². The molecule has 4 heteroatoms. The van der Waals surface area contributed by atoms with E-state index < -0.39 is 8.32 Å². The summed E-state index contributed by atoms with van der Waals surface area (Å²) in [7, 11) is -1.81. The van der Waals surface area contributed by atoms with Crippen LogP contribution in [-0.2, 0) is 9.22 Å². The van der Waals surface area contributed by atoms with Gasteiger partial charge in [-0.2, -0.15) is 0 Å². The smallest absolute Gasteiger partial charge is 0.223 e. The van der Waals surface area contributed by atoms with E-state index in [4.69, 9.17) is 16.0 Å². The average Bonchev–Trinajstić information content (AvgIpc) is 2.09. The molecule has 0 aromatic heterocycles. The van der Waals surface area contributed by atoms with Gasteiger partial charge in [0.15, 0.2) is 8.32 Å². The van der Waals surface area contributed by atoms with Crippen LogP contribution >= 0.6 is 11.6 Å². The summed E-state index contributed by atoms with van der Waals surface area (Å²) in [5, 5.41) is -0.306. The molecule has 0 aliphatic rings. The summed E-state index contributed by atoms with van der Waals surface area (Å²) in [6, 6.07) is 0. The summed E-state index contributed by atoms with van der Waals surface area (Å²) in [5.74, 6) is 0. The molecule has 0 heterocycles. The van der Waals surface area contributed by atoms with Gasteiger partial charge in [-0.05, 0) is 28.2 Å². The van der Waals surface area contributed by atoms with Crippen molar-refractivity contribution in [2.45, 2.75) is 64.6 Å². The van der Waals surface area contributed by atoms with E-state index in [1.54, 1.807) is 0 Å². The SMILES string of the molecule is CC(C)[Si](OCCC(=O)Cl)(C(C)C)C(C)C. The van der Waals surface area contributed by atoms with Gasteiger partial charge in [0.25, 0.3) is 0 Å². The lowest BCUT2D eigenvalue weighted by Gasteiger charge is -2.42. The van der Waals surface area contributed by atoms with Crippen molar-refractivity contribution < 1.29 is 9.22 Å². The standard InChI is InChI=1S/C12H25ClO2Si/c1-9(2)16(10(3)4,11(5)6)15-8-7-12(13)14/h9-11H,7-8H2,1-6H3. The second kappa shape index (κ2) is 6.77. The summed E-state index contributed by atoms with van der Waals surface area (Å²) < 4.78 is 6.16. The van der Waals surface area contributed by atoms with Crippen molar-refractivity contribution in [1.82, 2.24) is 0 Å². The first-order chi connectivity index (χ1) is 7.25. The number of halogens is 1. The molecule has 0 amide bonds. The van der Waals surface area contributed by atoms with Crippen LogP contribution < -0.4 is 0 Å². The minimum absolute atomic E-state index is 0.306. The first kappa shape index (κ1) is 16.1. The van der Waals surface area contributed by atoms with Crippen molar-refractivity contribution in [3.05, 3.63) is 0 Å². The van der Waals surface area contributed by atoms with Gasteiger partial charge in [-0.15, -0.1) is 0 Å². The Morgan fingerprint density at radius 2 is 1.44 bits per heavy atom. The van der Waals surface area contributed by atoms with Gasteiger partial charge in [-0.3, -0.25) is 4.79 Å². The zero-order chi connectivity index (χ0) is 12.9. The van der Waals surface area contributed by atoms with Crippen LogP contribution in [0.25, 0.3) is 0 Å². The topological polar surface area (TPSA) is 26.3 Å². The van der Waals surface area contributed by atoms with Crippen LogP contribution in [0.1, 0.15) is 48.0 Å². The molecule has 0 saturated heterocycles. The molecule has 0 aliphatic heterocycles. The third-order valence-corrected chi connectivity index (χ3v) is 9.67. The molecule has 0 saturated carbocycles. The van der Waals surface area contributed by atoms with Crippen molar-refractivity contribution in [1.29, 1.82) is 0 Å². The molecule has 0 fully saturated rings. The molecule has 0 atom stereocenters.